The van der Waals surface area contributed by atoms with Crippen molar-refractivity contribution >= 4 is 11.6 Å². The standard InChI is InChI=1S/C14H16ClF/c15-14(9-5-7-10(16)8-6-9)13-11-3-1-2-4-12(11)13/h5-8,11-14H,1-4H2. The second-order valence-electron chi connectivity index (χ2n) is 5.14. The van der Waals surface area contributed by atoms with Crippen LogP contribution in [0.25, 0.3) is 0 Å². The van der Waals surface area contributed by atoms with Crippen LogP contribution in [0.3, 0.4) is 0 Å². The summed E-state index contributed by atoms with van der Waals surface area (Å²) in [4.78, 5) is 0. The van der Waals surface area contributed by atoms with Crippen molar-refractivity contribution in [1.29, 1.82) is 0 Å². The average molecular weight is 239 g/mol. The fourth-order valence-corrected chi connectivity index (χ4v) is 3.87. The Hall–Kier alpha value is -0.560. The van der Waals surface area contributed by atoms with Gasteiger partial charge in [-0.3, -0.25) is 0 Å². The number of benzene rings is 1. The highest BCUT2D eigenvalue weighted by Crippen LogP contribution is 2.62. The van der Waals surface area contributed by atoms with E-state index >= 15 is 0 Å². The van der Waals surface area contributed by atoms with E-state index in [0.717, 1.165) is 17.4 Å². The van der Waals surface area contributed by atoms with E-state index in [1.54, 1.807) is 0 Å². The Morgan fingerprint density at radius 3 is 2.19 bits per heavy atom. The predicted molar refractivity (Wildman–Crippen MR) is 63.9 cm³/mol. The predicted octanol–water partition coefficient (Wildman–Crippen LogP) is 4.54. The third kappa shape index (κ3) is 1.75. The van der Waals surface area contributed by atoms with Gasteiger partial charge >= 0.3 is 0 Å². The van der Waals surface area contributed by atoms with Crippen LogP contribution < -0.4 is 0 Å². The van der Waals surface area contributed by atoms with Gasteiger partial charge in [0.25, 0.3) is 0 Å². The molecule has 2 fully saturated rings. The van der Waals surface area contributed by atoms with Crippen LogP contribution in [0.2, 0.25) is 0 Å². The van der Waals surface area contributed by atoms with Crippen molar-refractivity contribution < 1.29 is 4.39 Å². The maximum atomic E-state index is 12.8. The minimum Gasteiger partial charge on any atom is -0.207 e. The lowest BCUT2D eigenvalue weighted by Gasteiger charge is -2.09. The quantitative estimate of drug-likeness (QED) is 0.664. The molecule has 0 heterocycles. The molecule has 3 rings (SSSR count). The third-order valence-electron chi connectivity index (χ3n) is 4.25. The highest BCUT2D eigenvalue weighted by molar-refractivity contribution is 6.21. The molecule has 3 atom stereocenters. The number of halogens is 2. The van der Waals surface area contributed by atoms with Gasteiger partial charge in [0.15, 0.2) is 0 Å². The van der Waals surface area contributed by atoms with E-state index in [-0.39, 0.29) is 11.2 Å². The molecule has 2 saturated carbocycles. The Labute approximate surface area is 101 Å². The Morgan fingerprint density at radius 1 is 1.06 bits per heavy atom. The molecule has 2 heteroatoms. The summed E-state index contributed by atoms with van der Waals surface area (Å²) < 4.78 is 12.8. The highest BCUT2D eigenvalue weighted by Gasteiger charge is 2.53. The molecule has 0 saturated heterocycles. The molecule has 1 aromatic carbocycles. The molecule has 0 bridgehead atoms. The molecule has 86 valence electrons. The fourth-order valence-electron chi connectivity index (χ4n) is 3.35. The fraction of sp³-hybridized carbons (Fsp3) is 0.571. The molecule has 1 aromatic rings. The van der Waals surface area contributed by atoms with Gasteiger partial charge < -0.3 is 0 Å². The Morgan fingerprint density at radius 2 is 1.62 bits per heavy atom. The summed E-state index contributed by atoms with van der Waals surface area (Å²) in [6.07, 6.45) is 5.43. The lowest BCUT2D eigenvalue weighted by atomic mass is 10.0. The molecule has 2 aliphatic carbocycles. The van der Waals surface area contributed by atoms with Crippen molar-refractivity contribution in [2.45, 2.75) is 31.1 Å². The maximum Gasteiger partial charge on any atom is 0.123 e. The van der Waals surface area contributed by atoms with E-state index in [4.69, 9.17) is 11.6 Å². The molecule has 0 N–H and O–H groups in total. The van der Waals surface area contributed by atoms with Crippen LogP contribution in [0.1, 0.15) is 36.6 Å². The van der Waals surface area contributed by atoms with Gasteiger partial charge in [-0.05, 0) is 48.3 Å². The molecule has 0 nitrogen and oxygen atoms in total. The van der Waals surface area contributed by atoms with Crippen LogP contribution in [0.15, 0.2) is 24.3 Å². The molecule has 0 radical (unpaired) electrons. The second-order valence-corrected chi connectivity index (χ2v) is 5.61. The third-order valence-corrected chi connectivity index (χ3v) is 4.79. The van der Waals surface area contributed by atoms with Gasteiger partial charge in [0.2, 0.25) is 0 Å². The zero-order chi connectivity index (χ0) is 11.1. The molecule has 0 spiro atoms. The van der Waals surface area contributed by atoms with Crippen LogP contribution in [-0.4, -0.2) is 0 Å². The van der Waals surface area contributed by atoms with Crippen LogP contribution in [0.5, 0.6) is 0 Å². The number of fused-ring (bicyclic) bond motifs is 1. The van der Waals surface area contributed by atoms with Crippen molar-refractivity contribution in [2.75, 3.05) is 0 Å². The van der Waals surface area contributed by atoms with Crippen molar-refractivity contribution in [3.05, 3.63) is 35.6 Å². The van der Waals surface area contributed by atoms with E-state index in [9.17, 15) is 4.39 Å². The first kappa shape index (κ1) is 10.6. The molecule has 3 unspecified atom stereocenters. The first-order valence-corrected chi connectivity index (χ1v) is 6.60. The molecular formula is C14H16ClF. The van der Waals surface area contributed by atoms with E-state index in [2.05, 4.69) is 0 Å². The molecule has 0 aliphatic heterocycles. The Kier molecular flexibility index (Phi) is 2.67. The number of alkyl halides is 1. The molecule has 0 amide bonds. The van der Waals surface area contributed by atoms with Gasteiger partial charge in [-0.2, -0.15) is 0 Å². The molecule has 2 aliphatic rings. The topological polar surface area (TPSA) is 0 Å². The SMILES string of the molecule is Fc1ccc(C(Cl)C2C3CCCCC32)cc1. The van der Waals surface area contributed by atoms with E-state index in [1.165, 1.54) is 37.8 Å². The summed E-state index contributed by atoms with van der Waals surface area (Å²) in [5.41, 5.74) is 1.09. The molecule has 16 heavy (non-hydrogen) atoms. The van der Waals surface area contributed by atoms with Gasteiger partial charge in [-0.25, -0.2) is 4.39 Å². The van der Waals surface area contributed by atoms with Crippen molar-refractivity contribution in [3.63, 3.8) is 0 Å². The lowest BCUT2D eigenvalue weighted by Crippen LogP contribution is -1.95. The first-order chi connectivity index (χ1) is 7.77. The smallest absolute Gasteiger partial charge is 0.123 e. The van der Waals surface area contributed by atoms with Gasteiger partial charge in [0.05, 0.1) is 5.38 Å². The van der Waals surface area contributed by atoms with Crippen molar-refractivity contribution in [3.8, 4) is 0 Å². The number of hydrogen-bond donors (Lipinski definition) is 0. The largest absolute Gasteiger partial charge is 0.207 e. The van der Waals surface area contributed by atoms with E-state index in [0.29, 0.717) is 5.92 Å². The first-order valence-electron chi connectivity index (χ1n) is 6.17. The lowest BCUT2D eigenvalue weighted by molar-refractivity contribution is 0.480. The van der Waals surface area contributed by atoms with Crippen molar-refractivity contribution in [1.82, 2.24) is 0 Å². The van der Waals surface area contributed by atoms with Gasteiger partial charge in [-0.15, -0.1) is 11.6 Å². The summed E-state index contributed by atoms with van der Waals surface area (Å²) in [5.74, 6) is 2.16. The minimum atomic E-state index is -0.180. The zero-order valence-electron chi connectivity index (χ0n) is 9.20. The summed E-state index contributed by atoms with van der Waals surface area (Å²) >= 11 is 6.51. The summed E-state index contributed by atoms with van der Waals surface area (Å²) in [6, 6.07) is 6.68. The van der Waals surface area contributed by atoms with Gasteiger partial charge in [0.1, 0.15) is 5.82 Å². The number of hydrogen-bond acceptors (Lipinski definition) is 0. The Balaban J connectivity index is 1.74. The van der Waals surface area contributed by atoms with Crippen LogP contribution in [0.4, 0.5) is 4.39 Å². The minimum absolute atomic E-state index is 0.0914. The van der Waals surface area contributed by atoms with E-state index < -0.39 is 0 Å². The van der Waals surface area contributed by atoms with E-state index in [1.807, 2.05) is 12.1 Å². The monoisotopic (exact) mass is 238 g/mol. The number of rotatable bonds is 2. The zero-order valence-corrected chi connectivity index (χ0v) is 9.96. The molecule has 0 aromatic heterocycles. The Bertz CT molecular complexity index is 361. The summed E-state index contributed by atoms with van der Waals surface area (Å²) in [6.45, 7) is 0. The normalized spacial score (nSPS) is 34.2. The average Bonchev–Trinajstić information content (AvgIpc) is 3.03. The van der Waals surface area contributed by atoms with Crippen LogP contribution in [-0.2, 0) is 0 Å². The van der Waals surface area contributed by atoms with Crippen LogP contribution in [0, 0.1) is 23.6 Å². The maximum absolute atomic E-state index is 12.8. The van der Waals surface area contributed by atoms with Crippen LogP contribution >= 0.6 is 11.6 Å². The highest BCUT2D eigenvalue weighted by atomic mass is 35.5. The second kappa shape index (κ2) is 4.03. The molecular weight excluding hydrogens is 223 g/mol. The van der Waals surface area contributed by atoms with Gasteiger partial charge in [0, 0.05) is 0 Å². The van der Waals surface area contributed by atoms with Crippen molar-refractivity contribution in [2.24, 2.45) is 17.8 Å². The summed E-state index contributed by atoms with van der Waals surface area (Å²) in [5, 5.41) is 0.0914. The summed E-state index contributed by atoms with van der Waals surface area (Å²) in [7, 11) is 0. The van der Waals surface area contributed by atoms with Gasteiger partial charge in [-0.1, -0.05) is 25.0 Å².